The van der Waals surface area contributed by atoms with E-state index in [0.717, 1.165) is 16.8 Å². The second-order valence-corrected chi connectivity index (χ2v) is 9.52. The van der Waals surface area contributed by atoms with Gasteiger partial charge in [-0.1, -0.05) is 41.6 Å². The summed E-state index contributed by atoms with van der Waals surface area (Å²) in [5.41, 5.74) is 2.45. The number of thioether (sulfide) groups is 1. The highest BCUT2D eigenvalue weighted by atomic mass is 35.5. The number of hydrogen-bond acceptors (Lipinski definition) is 4. The summed E-state index contributed by atoms with van der Waals surface area (Å²) in [6.07, 6.45) is 0. The van der Waals surface area contributed by atoms with Crippen LogP contribution in [-0.2, 0) is 12.3 Å². The Morgan fingerprint density at radius 2 is 1.87 bits per heavy atom. The van der Waals surface area contributed by atoms with Gasteiger partial charge in [0.25, 0.3) is 0 Å². The molecule has 2 aromatic carbocycles. The van der Waals surface area contributed by atoms with Gasteiger partial charge in [-0.05, 0) is 63.1 Å². The largest absolute Gasteiger partial charge is 0.334 e. The molecule has 1 aromatic heterocycles. The SMILES string of the molecule is Cc1ccc(Cl)cc1-n1c(CNC(=O)NC(C)(C)C)nnc1SCc1ccc(F)cc1. The Balaban J connectivity index is 1.87. The number of nitrogens with zero attached hydrogens (tertiary/aromatic N) is 3. The molecule has 2 N–H and O–H groups in total. The minimum atomic E-state index is -0.350. The number of hydrogen-bond donors (Lipinski definition) is 2. The van der Waals surface area contributed by atoms with Crippen molar-refractivity contribution >= 4 is 29.4 Å². The van der Waals surface area contributed by atoms with Crippen LogP contribution in [0.5, 0.6) is 0 Å². The lowest BCUT2D eigenvalue weighted by Gasteiger charge is -2.21. The molecule has 3 rings (SSSR count). The van der Waals surface area contributed by atoms with Gasteiger partial charge in [0.1, 0.15) is 5.82 Å². The van der Waals surface area contributed by atoms with E-state index in [0.29, 0.717) is 21.8 Å². The van der Waals surface area contributed by atoms with Crippen LogP contribution in [0.4, 0.5) is 9.18 Å². The molecule has 1 heterocycles. The van der Waals surface area contributed by atoms with Gasteiger partial charge in [0.05, 0.1) is 12.2 Å². The summed E-state index contributed by atoms with van der Waals surface area (Å²) < 4.78 is 15.1. The lowest BCUT2D eigenvalue weighted by atomic mass is 10.1. The average Bonchev–Trinajstić information content (AvgIpc) is 3.09. The molecule has 0 aliphatic heterocycles. The van der Waals surface area contributed by atoms with Crippen molar-refractivity contribution in [1.82, 2.24) is 25.4 Å². The second-order valence-electron chi connectivity index (χ2n) is 8.14. The molecule has 2 amide bonds. The van der Waals surface area contributed by atoms with E-state index in [4.69, 9.17) is 11.6 Å². The van der Waals surface area contributed by atoms with Crippen molar-refractivity contribution in [1.29, 1.82) is 0 Å². The highest BCUT2D eigenvalue weighted by molar-refractivity contribution is 7.98. The lowest BCUT2D eigenvalue weighted by molar-refractivity contribution is 0.231. The predicted molar refractivity (Wildman–Crippen MR) is 122 cm³/mol. The van der Waals surface area contributed by atoms with Crippen LogP contribution in [0.25, 0.3) is 5.69 Å². The number of aromatic nitrogens is 3. The maximum absolute atomic E-state index is 13.2. The number of nitrogens with one attached hydrogen (secondary N) is 2. The standard InChI is InChI=1S/C22H25ClFN5OS/c1-14-5-8-16(23)11-18(14)29-19(12-25-20(30)26-22(2,3)4)27-28-21(29)31-13-15-6-9-17(24)10-7-15/h5-11H,12-13H2,1-4H3,(H2,25,26,30). The van der Waals surface area contributed by atoms with E-state index in [1.54, 1.807) is 12.1 Å². The van der Waals surface area contributed by atoms with Crippen molar-refractivity contribution in [3.05, 3.63) is 70.3 Å². The van der Waals surface area contributed by atoms with E-state index in [1.165, 1.54) is 23.9 Å². The molecule has 0 atom stereocenters. The smallest absolute Gasteiger partial charge is 0.315 e. The van der Waals surface area contributed by atoms with Gasteiger partial charge in [-0.2, -0.15) is 0 Å². The van der Waals surface area contributed by atoms with E-state index in [1.807, 2.05) is 50.5 Å². The first kappa shape index (κ1) is 23.1. The van der Waals surface area contributed by atoms with Gasteiger partial charge in [0.15, 0.2) is 11.0 Å². The molecule has 164 valence electrons. The average molecular weight is 462 g/mol. The Kier molecular flexibility index (Phi) is 7.23. The summed E-state index contributed by atoms with van der Waals surface area (Å²) >= 11 is 7.73. The van der Waals surface area contributed by atoms with Gasteiger partial charge < -0.3 is 10.6 Å². The zero-order valence-corrected chi connectivity index (χ0v) is 19.4. The molecule has 6 nitrogen and oxygen atoms in total. The van der Waals surface area contributed by atoms with Crippen LogP contribution < -0.4 is 10.6 Å². The molecule has 0 spiro atoms. The molecule has 9 heteroatoms. The van der Waals surface area contributed by atoms with Gasteiger partial charge in [-0.25, -0.2) is 9.18 Å². The minimum Gasteiger partial charge on any atom is -0.334 e. The molecule has 0 fully saturated rings. The summed E-state index contributed by atoms with van der Waals surface area (Å²) in [5.74, 6) is 0.903. The Labute approximate surface area is 190 Å². The fraction of sp³-hybridized carbons (Fsp3) is 0.318. The molecule has 0 aliphatic rings. The number of rotatable bonds is 6. The first-order valence-corrected chi connectivity index (χ1v) is 11.1. The molecule has 0 saturated carbocycles. The van der Waals surface area contributed by atoms with E-state index in [-0.39, 0.29) is 23.9 Å². The zero-order chi connectivity index (χ0) is 22.6. The van der Waals surface area contributed by atoms with E-state index in [9.17, 15) is 9.18 Å². The highest BCUT2D eigenvalue weighted by Crippen LogP contribution is 2.28. The van der Waals surface area contributed by atoms with Crippen molar-refractivity contribution in [3.8, 4) is 5.69 Å². The fourth-order valence-corrected chi connectivity index (χ4v) is 3.93. The van der Waals surface area contributed by atoms with Gasteiger partial charge in [0, 0.05) is 16.3 Å². The summed E-state index contributed by atoms with van der Waals surface area (Å²) in [5, 5.41) is 15.6. The maximum Gasteiger partial charge on any atom is 0.315 e. The Hall–Kier alpha value is -2.58. The van der Waals surface area contributed by atoms with Gasteiger partial charge >= 0.3 is 6.03 Å². The molecule has 31 heavy (non-hydrogen) atoms. The van der Waals surface area contributed by atoms with Crippen LogP contribution in [0.1, 0.15) is 37.7 Å². The predicted octanol–water partition coefficient (Wildman–Crippen LogP) is 5.26. The first-order chi connectivity index (χ1) is 14.6. The van der Waals surface area contributed by atoms with Crippen molar-refractivity contribution in [2.75, 3.05) is 0 Å². The molecule has 0 radical (unpaired) electrons. The number of amides is 2. The third-order valence-corrected chi connectivity index (χ3v) is 5.52. The van der Waals surface area contributed by atoms with E-state index >= 15 is 0 Å². The van der Waals surface area contributed by atoms with Gasteiger partial charge in [-0.3, -0.25) is 4.57 Å². The molecular weight excluding hydrogens is 437 g/mol. The van der Waals surface area contributed by atoms with E-state index in [2.05, 4.69) is 20.8 Å². The zero-order valence-electron chi connectivity index (χ0n) is 17.9. The molecule has 3 aromatic rings. The van der Waals surface area contributed by atoms with Crippen LogP contribution in [0, 0.1) is 12.7 Å². The van der Waals surface area contributed by atoms with Crippen molar-refractivity contribution in [2.24, 2.45) is 0 Å². The number of aryl methyl sites for hydroxylation is 1. The summed E-state index contributed by atoms with van der Waals surface area (Å²) in [7, 11) is 0. The van der Waals surface area contributed by atoms with Crippen molar-refractivity contribution in [2.45, 2.75) is 50.7 Å². The van der Waals surface area contributed by atoms with Gasteiger partial charge in [-0.15, -0.1) is 10.2 Å². The van der Waals surface area contributed by atoms with Crippen LogP contribution in [0.2, 0.25) is 5.02 Å². The molecule has 0 bridgehead atoms. The quantitative estimate of drug-likeness (QED) is 0.491. The maximum atomic E-state index is 13.2. The number of urea groups is 1. The fourth-order valence-electron chi connectivity index (χ4n) is 2.85. The van der Waals surface area contributed by atoms with Crippen LogP contribution in [0.3, 0.4) is 0 Å². The summed E-state index contributed by atoms with van der Waals surface area (Å²) in [6.45, 7) is 7.90. The molecular formula is C22H25ClFN5OS. The van der Waals surface area contributed by atoms with E-state index < -0.39 is 0 Å². The molecule has 0 aliphatic carbocycles. The topological polar surface area (TPSA) is 71.8 Å². The van der Waals surface area contributed by atoms with Crippen LogP contribution >= 0.6 is 23.4 Å². The summed E-state index contributed by atoms with van der Waals surface area (Å²) in [6, 6.07) is 11.7. The number of benzene rings is 2. The Morgan fingerprint density at radius 3 is 2.55 bits per heavy atom. The highest BCUT2D eigenvalue weighted by Gasteiger charge is 2.19. The lowest BCUT2D eigenvalue weighted by Crippen LogP contribution is -2.46. The Bertz CT molecular complexity index is 1060. The normalized spacial score (nSPS) is 11.4. The summed E-state index contributed by atoms with van der Waals surface area (Å²) in [4.78, 5) is 12.2. The Morgan fingerprint density at radius 1 is 1.16 bits per heavy atom. The number of halogens is 2. The third kappa shape index (κ3) is 6.45. The van der Waals surface area contributed by atoms with Gasteiger partial charge in [0.2, 0.25) is 0 Å². The minimum absolute atomic E-state index is 0.192. The van der Waals surface area contributed by atoms with Crippen LogP contribution in [0.15, 0.2) is 47.6 Å². The first-order valence-electron chi connectivity index (χ1n) is 9.76. The third-order valence-electron chi connectivity index (χ3n) is 4.29. The van der Waals surface area contributed by atoms with Crippen LogP contribution in [-0.4, -0.2) is 26.3 Å². The molecule has 0 saturated heterocycles. The monoisotopic (exact) mass is 461 g/mol. The van der Waals surface area contributed by atoms with Crippen molar-refractivity contribution in [3.63, 3.8) is 0 Å². The number of carbonyl (C=O) groups excluding carboxylic acids is 1. The molecule has 0 unspecified atom stereocenters. The number of carbonyl (C=O) groups is 1. The van der Waals surface area contributed by atoms with Crippen molar-refractivity contribution < 1.29 is 9.18 Å². The second kappa shape index (κ2) is 9.70.